The van der Waals surface area contributed by atoms with Gasteiger partial charge in [-0.25, -0.2) is 0 Å². The van der Waals surface area contributed by atoms with Gasteiger partial charge >= 0.3 is 0 Å². The fraction of sp³-hybridized carbons (Fsp3) is 0.571. The number of hydrogen-bond donors (Lipinski definition) is 1. The van der Waals surface area contributed by atoms with Gasteiger partial charge in [-0.1, -0.05) is 13.0 Å². The van der Waals surface area contributed by atoms with Gasteiger partial charge in [0.1, 0.15) is 11.5 Å². The lowest BCUT2D eigenvalue weighted by molar-refractivity contribution is 0.309. The molecule has 0 radical (unpaired) electrons. The lowest BCUT2D eigenvalue weighted by Gasteiger charge is -2.17. The molecular weight excluding hydrogens is 228 g/mol. The topological polar surface area (TPSA) is 47.7 Å². The SMILES string of the molecule is COc1ccc(CN2CC(C)C(N)C2)c(OC)c1. The second-order valence-corrected chi connectivity index (χ2v) is 5.01. The molecule has 0 saturated carbocycles. The molecule has 4 nitrogen and oxygen atoms in total. The summed E-state index contributed by atoms with van der Waals surface area (Å²) in [4.78, 5) is 2.37. The number of hydrogen-bond acceptors (Lipinski definition) is 4. The van der Waals surface area contributed by atoms with Gasteiger partial charge in [-0.05, 0) is 12.0 Å². The van der Waals surface area contributed by atoms with Crippen molar-refractivity contribution in [2.24, 2.45) is 11.7 Å². The Kier molecular flexibility index (Phi) is 4.09. The maximum atomic E-state index is 6.05. The van der Waals surface area contributed by atoms with Crippen LogP contribution >= 0.6 is 0 Å². The summed E-state index contributed by atoms with van der Waals surface area (Å²) in [5.41, 5.74) is 7.23. The largest absolute Gasteiger partial charge is 0.497 e. The third kappa shape index (κ3) is 2.76. The van der Waals surface area contributed by atoms with E-state index < -0.39 is 0 Å². The van der Waals surface area contributed by atoms with E-state index >= 15 is 0 Å². The van der Waals surface area contributed by atoms with Crippen molar-refractivity contribution in [1.29, 1.82) is 0 Å². The summed E-state index contributed by atoms with van der Waals surface area (Å²) in [6, 6.07) is 6.24. The van der Waals surface area contributed by atoms with Crippen molar-refractivity contribution in [2.75, 3.05) is 27.3 Å². The first-order chi connectivity index (χ1) is 8.63. The predicted octanol–water partition coefficient (Wildman–Crippen LogP) is 1.48. The molecule has 1 aromatic carbocycles. The normalized spacial score (nSPS) is 24.2. The Morgan fingerprint density at radius 3 is 2.61 bits per heavy atom. The number of ether oxygens (including phenoxy) is 2. The molecular formula is C14H22N2O2. The van der Waals surface area contributed by atoms with Gasteiger partial charge in [0.2, 0.25) is 0 Å². The van der Waals surface area contributed by atoms with Gasteiger partial charge in [-0.15, -0.1) is 0 Å². The predicted molar refractivity (Wildman–Crippen MR) is 72.0 cm³/mol. The summed E-state index contributed by atoms with van der Waals surface area (Å²) in [6.07, 6.45) is 0. The lowest BCUT2D eigenvalue weighted by Crippen LogP contribution is -2.28. The number of nitrogens with zero attached hydrogens (tertiary/aromatic N) is 1. The van der Waals surface area contributed by atoms with E-state index in [1.54, 1.807) is 14.2 Å². The fourth-order valence-corrected chi connectivity index (χ4v) is 2.45. The second-order valence-electron chi connectivity index (χ2n) is 5.01. The molecule has 2 atom stereocenters. The molecule has 0 spiro atoms. The molecule has 2 unspecified atom stereocenters. The van der Waals surface area contributed by atoms with Crippen LogP contribution in [0.1, 0.15) is 12.5 Å². The summed E-state index contributed by atoms with van der Waals surface area (Å²) >= 11 is 0. The zero-order valence-electron chi connectivity index (χ0n) is 11.3. The van der Waals surface area contributed by atoms with Crippen LogP contribution in [0.15, 0.2) is 18.2 Å². The second kappa shape index (κ2) is 5.59. The average molecular weight is 250 g/mol. The highest BCUT2D eigenvalue weighted by atomic mass is 16.5. The molecule has 0 bridgehead atoms. The first-order valence-corrected chi connectivity index (χ1v) is 6.33. The summed E-state index contributed by atoms with van der Waals surface area (Å²) in [6.45, 7) is 5.09. The van der Waals surface area contributed by atoms with Crippen molar-refractivity contribution >= 4 is 0 Å². The zero-order chi connectivity index (χ0) is 13.1. The van der Waals surface area contributed by atoms with E-state index in [-0.39, 0.29) is 6.04 Å². The maximum Gasteiger partial charge on any atom is 0.127 e. The molecule has 1 saturated heterocycles. The van der Waals surface area contributed by atoms with Gasteiger partial charge < -0.3 is 15.2 Å². The fourth-order valence-electron chi connectivity index (χ4n) is 2.45. The summed E-state index contributed by atoms with van der Waals surface area (Å²) in [5.74, 6) is 2.26. The Hall–Kier alpha value is -1.26. The van der Waals surface area contributed by atoms with E-state index in [2.05, 4.69) is 17.9 Å². The van der Waals surface area contributed by atoms with E-state index in [4.69, 9.17) is 15.2 Å². The van der Waals surface area contributed by atoms with Crippen LogP contribution < -0.4 is 15.2 Å². The molecule has 1 aliphatic rings. The van der Waals surface area contributed by atoms with Crippen molar-refractivity contribution in [3.05, 3.63) is 23.8 Å². The van der Waals surface area contributed by atoms with Gasteiger partial charge in [-0.3, -0.25) is 4.90 Å². The number of likely N-dealkylation sites (tertiary alicyclic amines) is 1. The first-order valence-electron chi connectivity index (χ1n) is 6.33. The minimum atomic E-state index is 0.286. The van der Waals surface area contributed by atoms with Crippen molar-refractivity contribution in [1.82, 2.24) is 4.90 Å². The molecule has 2 N–H and O–H groups in total. The highest BCUT2D eigenvalue weighted by Crippen LogP contribution is 2.27. The van der Waals surface area contributed by atoms with E-state index in [9.17, 15) is 0 Å². The molecule has 0 amide bonds. The highest BCUT2D eigenvalue weighted by molar-refractivity contribution is 5.40. The van der Waals surface area contributed by atoms with Gasteiger partial charge in [0.15, 0.2) is 0 Å². The Balaban J connectivity index is 2.09. The van der Waals surface area contributed by atoms with Crippen LogP contribution in [0.25, 0.3) is 0 Å². The lowest BCUT2D eigenvalue weighted by atomic mass is 10.1. The van der Waals surface area contributed by atoms with Gasteiger partial charge in [0.05, 0.1) is 14.2 Å². The molecule has 1 fully saturated rings. The van der Waals surface area contributed by atoms with Gasteiger partial charge in [0, 0.05) is 37.3 Å². The molecule has 1 aromatic rings. The van der Waals surface area contributed by atoms with E-state index in [1.807, 2.05) is 12.1 Å². The minimum absolute atomic E-state index is 0.286. The molecule has 18 heavy (non-hydrogen) atoms. The Morgan fingerprint density at radius 1 is 1.28 bits per heavy atom. The third-order valence-corrected chi connectivity index (χ3v) is 3.63. The van der Waals surface area contributed by atoms with E-state index in [0.717, 1.165) is 31.1 Å². The number of benzene rings is 1. The number of methoxy groups -OCH3 is 2. The van der Waals surface area contributed by atoms with Crippen LogP contribution in [0.4, 0.5) is 0 Å². The summed E-state index contributed by atoms with van der Waals surface area (Å²) in [5, 5.41) is 0. The molecule has 2 rings (SSSR count). The maximum absolute atomic E-state index is 6.05. The minimum Gasteiger partial charge on any atom is -0.497 e. The molecule has 1 heterocycles. The average Bonchev–Trinajstić information content (AvgIpc) is 2.69. The molecule has 4 heteroatoms. The first kappa shape index (κ1) is 13.2. The summed E-state index contributed by atoms with van der Waals surface area (Å²) in [7, 11) is 3.35. The van der Waals surface area contributed by atoms with Crippen LogP contribution in [0.5, 0.6) is 11.5 Å². The van der Waals surface area contributed by atoms with Crippen molar-refractivity contribution in [3.8, 4) is 11.5 Å². The molecule has 100 valence electrons. The van der Waals surface area contributed by atoms with Crippen LogP contribution in [-0.2, 0) is 6.54 Å². The van der Waals surface area contributed by atoms with Crippen LogP contribution in [0.2, 0.25) is 0 Å². The van der Waals surface area contributed by atoms with Crippen molar-refractivity contribution in [3.63, 3.8) is 0 Å². The molecule has 1 aliphatic heterocycles. The smallest absolute Gasteiger partial charge is 0.127 e. The van der Waals surface area contributed by atoms with Gasteiger partial charge in [-0.2, -0.15) is 0 Å². The van der Waals surface area contributed by atoms with Crippen LogP contribution in [-0.4, -0.2) is 38.3 Å². The standard InChI is InChI=1S/C14H22N2O2/c1-10-7-16(9-13(10)15)8-11-4-5-12(17-2)6-14(11)18-3/h4-6,10,13H,7-9,15H2,1-3H3. The molecule has 0 aromatic heterocycles. The van der Waals surface area contributed by atoms with E-state index in [1.165, 1.54) is 5.56 Å². The van der Waals surface area contributed by atoms with Crippen molar-refractivity contribution < 1.29 is 9.47 Å². The van der Waals surface area contributed by atoms with Gasteiger partial charge in [0.25, 0.3) is 0 Å². The third-order valence-electron chi connectivity index (χ3n) is 3.63. The number of rotatable bonds is 4. The van der Waals surface area contributed by atoms with Crippen LogP contribution in [0, 0.1) is 5.92 Å². The summed E-state index contributed by atoms with van der Waals surface area (Å²) < 4.78 is 10.6. The monoisotopic (exact) mass is 250 g/mol. The Labute approximate surface area is 109 Å². The number of nitrogens with two attached hydrogens (primary N) is 1. The Morgan fingerprint density at radius 2 is 2.06 bits per heavy atom. The quantitative estimate of drug-likeness (QED) is 0.879. The zero-order valence-corrected chi connectivity index (χ0v) is 11.3. The van der Waals surface area contributed by atoms with E-state index in [0.29, 0.717) is 5.92 Å². The highest BCUT2D eigenvalue weighted by Gasteiger charge is 2.26. The van der Waals surface area contributed by atoms with Crippen LogP contribution in [0.3, 0.4) is 0 Å². The molecule has 0 aliphatic carbocycles. The Bertz CT molecular complexity index is 399. The van der Waals surface area contributed by atoms with Crippen molar-refractivity contribution in [2.45, 2.75) is 19.5 Å².